The Labute approximate surface area is 148 Å². The van der Waals surface area contributed by atoms with Gasteiger partial charge in [0.05, 0.1) is 17.3 Å². The predicted molar refractivity (Wildman–Crippen MR) is 97.0 cm³/mol. The molecule has 1 heterocycles. The molecular weight excluding hydrogens is 332 g/mol. The number of hydrazone groups is 1. The molecule has 3 rings (SSSR count). The maximum absolute atomic E-state index is 12.0. The number of fused-ring (bicyclic) bond motifs is 1. The zero-order valence-electron chi connectivity index (χ0n) is 13.6. The number of nitrogens with one attached hydrogen (secondary N) is 2. The van der Waals surface area contributed by atoms with E-state index in [9.17, 15) is 9.59 Å². The summed E-state index contributed by atoms with van der Waals surface area (Å²) in [6.45, 7) is -0.301. The molecule has 0 fully saturated rings. The van der Waals surface area contributed by atoms with E-state index in [0.29, 0.717) is 16.9 Å². The van der Waals surface area contributed by atoms with Crippen LogP contribution < -0.4 is 15.7 Å². The highest BCUT2D eigenvalue weighted by molar-refractivity contribution is 5.88. The van der Waals surface area contributed by atoms with Gasteiger partial charge in [-0.3, -0.25) is 9.59 Å². The lowest BCUT2D eigenvalue weighted by Gasteiger charge is -2.06. The molecule has 26 heavy (non-hydrogen) atoms. The van der Waals surface area contributed by atoms with Crippen LogP contribution >= 0.6 is 0 Å². The first kappa shape index (κ1) is 16.9. The minimum absolute atomic E-state index is 0.301. The zero-order chi connectivity index (χ0) is 18.4. The Morgan fingerprint density at radius 1 is 1.23 bits per heavy atom. The van der Waals surface area contributed by atoms with Gasteiger partial charge in [0.2, 0.25) is 0 Å². The Hall–Kier alpha value is -3.92. The highest BCUT2D eigenvalue weighted by Gasteiger charge is 2.05. The molecule has 128 valence electrons. The molecule has 0 aliphatic rings. The Bertz CT molecular complexity index is 1080. The van der Waals surface area contributed by atoms with Crippen LogP contribution in [0.4, 0.5) is 0 Å². The normalized spacial score (nSPS) is 10.6. The fraction of sp³-hybridized carbons (Fsp3) is 0.0526. The molecule has 0 saturated carbocycles. The lowest BCUT2D eigenvalue weighted by Crippen LogP contribution is -2.25. The molecule has 0 aliphatic heterocycles. The summed E-state index contributed by atoms with van der Waals surface area (Å²) in [5.74, 6) is -0.189. The van der Waals surface area contributed by atoms with E-state index in [-0.39, 0.29) is 12.2 Å². The molecule has 0 unspecified atom stereocenters. The number of nitrogens with zero attached hydrogens (tertiary/aromatic N) is 2. The molecule has 0 aliphatic carbocycles. The molecule has 0 radical (unpaired) electrons. The third kappa shape index (κ3) is 3.94. The van der Waals surface area contributed by atoms with Gasteiger partial charge in [0.1, 0.15) is 11.8 Å². The van der Waals surface area contributed by atoms with Gasteiger partial charge in [0.25, 0.3) is 11.5 Å². The van der Waals surface area contributed by atoms with Crippen LogP contribution in [-0.4, -0.2) is 23.7 Å². The number of carbonyl (C=O) groups excluding carboxylic acids is 1. The minimum atomic E-state index is -0.508. The SMILES string of the molecule is N#Cc1ccccc1OCC(=O)N/N=C/c1cc2ccccc2[nH]c1=O. The number of aromatic amines is 1. The summed E-state index contributed by atoms with van der Waals surface area (Å²) < 4.78 is 5.30. The van der Waals surface area contributed by atoms with Gasteiger partial charge in [-0.2, -0.15) is 10.4 Å². The molecule has 0 atom stereocenters. The number of amides is 1. The summed E-state index contributed by atoms with van der Waals surface area (Å²) in [4.78, 5) is 26.5. The van der Waals surface area contributed by atoms with Gasteiger partial charge < -0.3 is 9.72 Å². The van der Waals surface area contributed by atoms with Crippen molar-refractivity contribution < 1.29 is 9.53 Å². The van der Waals surface area contributed by atoms with Crippen LogP contribution in [0.3, 0.4) is 0 Å². The molecule has 7 nitrogen and oxygen atoms in total. The first-order valence-electron chi connectivity index (χ1n) is 7.73. The zero-order valence-corrected chi connectivity index (χ0v) is 13.6. The maximum atomic E-state index is 12.0. The van der Waals surface area contributed by atoms with E-state index in [2.05, 4.69) is 15.5 Å². The molecule has 2 N–H and O–H groups in total. The summed E-state index contributed by atoms with van der Waals surface area (Å²) in [6, 6.07) is 17.6. The second-order valence-electron chi connectivity index (χ2n) is 5.33. The van der Waals surface area contributed by atoms with Crippen LogP contribution in [-0.2, 0) is 4.79 Å². The second-order valence-corrected chi connectivity index (χ2v) is 5.33. The molecule has 1 amide bonds. The van der Waals surface area contributed by atoms with Crippen molar-refractivity contribution in [3.63, 3.8) is 0 Å². The van der Waals surface area contributed by atoms with Crippen molar-refractivity contribution in [2.75, 3.05) is 6.61 Å². The van der Waals surface area contributed by atoms with Crippen LogP contribution in [0.2, 0.25) is 0 Å². The number of nitriles is 1. The van der Waals surface area contributed by atoms with E-state index in [4.69, 9.17) is 10.00 Å². The molecule has 1 aromatic heterocycles. The number of rotatable bonds is 5. The monoisotopic (exact) mass is 346 g/mol. The number of ether oxygens (including phenoxy) is 1. The van der Waals surface area contributed by atoms with Crippen LogP contribution in [0.25, 0.3) is 10.9 Å². The highest BCUT2D eigenvalue weighted by Crippen LogP contribution is 2.16. The number of hydrogen-bond acceptors (Lipinski definition) is 5. The van der Waals surface area contributed by atoms with Crippen molar-refractivity contribution in [1.82, 2.24) is 10.4 Å². The molecule has 0 spiro atoms. The van der Waals surface area contributed by atoms with E-state index >= 15 is 0 Å². The average Bonchev–Trinajstić information content (AvgIpc) is 2.67. The highest BCUT2D eigenvalue weighted by atomic mass is 16.5. The van der Waals surface area contributed by atoms with Gasteiger partial charge in [-0.1, -0.05) is 30.3 Å². The number of carbonyl (C=O) groups is 1. The topological polar surface area (TPSA) is 107 Å². The third-order valence-electron chi connectivity index (χ3n) is 3.54. The van der Waals surface area contributed by atoms with Crippen molar-refractivity contribution in [2.24, 2.45) is 5.10 Å². The van der Waals surface area contributed by atoms with Crippen molar-refractivity contribution in [3.8, 4) is 11.8 Å². The third-order valence-corrected chi connectivity index (χ3v) is 3.54. The summed E-state index contributed by atoms with van der Waals surface area (Å²) >= 11 is 0. The largest absolute Gasteiger partial charge is 0.482 e. The second kappa shape index (κ2) is 7.77. The smallest absolute Gasteiger partial charge is 0.277 e. The van der Waals surface area contributed by atoms with E-state index in [1.165, 1.54) is 6.21 Å². The number of para-hydroxylation sites is 2. The van der Waals surface area contributed by atoms with Crippen molar-refractivity contribution >= 4 is 23.0 Å². The lowest BCUT2D eigenvalue weighted by atomic mass is 10.2. The van der Waals surface area contributed by atoms with Gasteiger partial charge in [0.15, 0.2) is 6.61 Å². The lowest BCUT2D eigenvalue weighted by molar-refractivity contribution is -0.123. The minimum Gasteiger partial charge on any atom is -0.482 e. The fourth-order valence-corrected chi connectivity index (χ4v) is 2.29. The van der Waals surface area contributed by atoms with Gasteiger partial charge in [0, 0.05) is 5.52 Å². The summed E-state index contributed by atoms with van der Waals surface area (Å²) in [7, 11) is 0. The predicted octanol–water partition coefficient (Wildman–Crippen LogP) is 1.93. The van der Waals surface area contributed by atoms with E-state index in [1.807, 2.05) is 24.3 Å². The average molecular weight is 346 g/mol. The van der Waals surface area contributed by atoms with Crippen LogP contribution in [0.5, 0.6) is 5.75 Å². The maximum Gasteiger partial charge on any atom is 0.277 e. The number of hydrogen-bond donors (Lipinski definition) is 2. The van der Waals surface area contributed by atoms with E-state index < -0.39 is 5.91 Å². The molecule has 0 bridgehead atoms. The molecular formula is C19H14N4O3. The standard InChI is InChI=1S/C19H14N4O3/c20-10-14-6-2-4-8-17(14)26-12-18(24)23-21-11-15-9-13-5-1-3-7-16(13)22-19(15)25/h1-9,11H,12H2,(H,22,25)(H,23,24)/b21-11+. The Balaban J connectivity index is 1.62. The van der Waals surface area contributed by atoms with Crippen LogP contribution in [0, 0.1) is 11.3 Å². The summed E-state index contributed by atoms with van der Waals surface area (Å²) in [6.07, 6.45) is 1.27. The quantitative estimate of drug-likeness (QED) is 0.543. The van der Waals surface area contributed by atoms with Crippen LogP contribution in [0.1, 0.15) is 11.1 Å². The Morgan fingerprint density at radius 2 is 2.00 bits per heavy atom. The van der Waals surface area contributed by atoms with Gasteiger partial charge in [-0.25, -0.2) is 5.43 Å². The number of aromatic nitrogens is 1. The van der Waals surface area contributed by atoms with Crippen molar-refractivity contribution in [2.45, 2.75) is 0 Å². The van der Waals surface area contributed by atoms with Gasteiger partial charge in [-0.15, -0.1) is 0 Å². The van der Waals surface area contributed by atoms with Gasteiger partial charge >= 0.3 is 0 Å². The molecule has 2 aromatic carbocycles. The Kier molecular flexibility index (Phi) is 5.05. The first-order valence-corrected chi connectivity index (χ1v) is 7.73. The molecule has 0 saturated heterocycles. The fourth-order valence-electron chi connectivity index (χ4n) is 2.29. The number of benzene rings is 2. The summed E-state index contributed by atoms with van der Waals surface area (Å²) in [5.41, 5.74) is 3.36. The Morgan fingerprint density at radius 3 is 2.85 bits per heavy atom. The molecule has 3 aromatic rings. The number of pyridine rings is 1. The van der Waals surface area contributed by atoms with Crippen molar-refractivity contribution in [3.05, 3.63) is 76.1 Å². The molecule has 7 heteroatoms. The van der Waals surface area contributed by atoms with Crippen molar-refractivity contribution in [1.29, 1.82) is 5.26 Å². The van der Waals surface area contributed by atoms with E-state index in [1.54, 1.807) is 36.4 Å². The van der Waals surface area contributed by atoms with Crippen LogP contribution in [0.15, 0.2) is 64.5 Å². The summed E-state index contributed by atoms with van der Waals surface area (Å²) in [5, 5.41) is 13.6. The van der Waals surface area contributed by atoms with Gasteiger partial charge in [-0.05, 0) is 29.7 Å². The number of H-pyrrole nitrogens is 1. The van der Waals surface area contributed by atoms with E-state index in [0.717, 1.165) is 10.9 Å². The first-order chi connectivity index (χ1) is 12.7.